The van der Waals surface area contributed by atoms with Crippen LogP contribution in [0.2, 0.25) is 0 Å². The fourth-order valence-electron chi connectivity index (χ4n) is 2.01. The Morgan fingerprint density at radius 1 is 0.826 bits per heavy atom. The van der Waals surface area contributed by atoms with Crippen LogP contribution in [0.5, 0.6) is 5.75 Å². The number of ether oxygens (including phenoxy) is 2. The molecule has 5 nitrogen and oxygen atoms in total. The zero-order valence-electron chi connectivity index (χ0n) is 12.8. The van der Waals surface area contributed by atoms with Crippen LogP contribution in [-0.2, 0) is 9.47 Å². The molecule has 0 heterocycles. The van der Waals surface area contributed by atoms with Gasteiger partial charge in [0.2, 0.25) is 0 Å². The van der Waals surface area contributed by atoms with Crippen molar-refractivity contribution < 1.29 is 24.2 Å². The van der Waals surface area contributed by atoms with Gasteiger partial charge in [-0.05, 0) is 41.5 Å². The van der Waals surface area contributed by atoms with Gasteiger partial charge in [-0.15, -0.1) is 0 Å². The summed E-state index contributed by atoms with van der Waals surface area (Å²) in [4.78, 5) is 22.9. The standard InChI is InChI=1S/C18H16O5/c1-22-17(20)14-7-5-12(6-8-14)3-4-13-9-15(18(21)23-2)11-16(19)10-13/h3-11,19H,1-2H3/b4-3+. The Bertz CT molecular complexity index is 745. The number of hydrogen-bond donors (Lipinski definition) is 1. The largest absolute Gasteiger partial charge is 0.508 e. The number of benzene rings is 2. The molecule has 0 fully saturated rings. The summed E-state index contributed by atoms with van der Waals surface area (Å²) in [5.74, 6) is -0.928. The topological polar surface area (TPSA) is 72.8 Å². The molecule has 0 aliphatic carbocycles. The van der Waals surface area contributed by atoms with Gasteiger partial charge in [-0.2, -0.15) is 0 Å². The van der Waals surface area contributed by atoms with E-state index >= 15 is 0 Å². The van der Waals surface area contributed by atoms with Crippen molar-refractivity contribution in [1.29, 1.82) is 0 Å². The van der Waals surface area contributed by atoms with Crippen LogP contribution in [-0.4, -0.2) is 31.3 Å². The third-order valence-electron chi connectivity index (χ3n) is 3.16. The number of rotatable bonds is 4. The molecule has 2 aromatic rings. The number of phenols is 1. The fraction of sp³-hybridized carbons (Fsp3) is 0.111. The Kier molecular flexibility index (Phi) is 5.15. The molecule has 118 valence electrons. The van der Waals surface area contributed by atoms with Crippen molar-refractivity contribution in [3.8, 4) is 5.75 Å². The summed E-state index contributed by atoms with van der Waals surface area (Å²) in [6, 6.07) is 11.4. The normalized spacial score (nSPS) is 10.5. The Balaban J connectivity index is 2.21. The maximum absolute atomic E-state index is 11.5. The Morgan fingerprint density at radius 2 is 1.39 bits per heavy atom. The zero-order valence-corrected chi connectivity index (χ0v) is 12.8. The second-order valence-electron chi connectivity index (χ2n) is 4.75. The summed E-state index contributed by atoms with van der Waals surface area (Å²) in [6.07, 6.45) is 3.55. The lowest BCUT2D eigenvalue weighted by atomic mass is 10.1. The molecule has 2 rings (SSSR count). The van der Waals surface area contributed by atoms with Crippen molar-refractivity contribution in [3.63, 3.8) is 0 Å². The van der Waals surface area contributed by atoms with Crippen LogP contribution in [0.3, 0.4) is 0 Å². The molecule has 0 aliphatic rings. The van der Waals surface area contributed by atoms with Crippen LogP contribution in [0.4, 0.5) is 0 Å². The maximum Gasteiger partial charge on any atom is 0.338 e. The molecule has 0 saturated carbocycles. The van der Waals surface area contributed by atoms with Crippen molar-refractivity contribution >= 4 is 24.1 Å². The molecule has 5 heteroatoms. The Hall–Kier alpha value is -3.08. The highest BCUT2D eigenvalue weighted by molar-refractivity contribution is 5.91. The average Bonchev–Trinajstić information content (AvgIpc) is 2.58. The minimum atomic E-state index is -0.516. The molecule has 0 radical (unpaired) electrons. The van der Waals surface area contributed by atoms with Crippen LogP contribution in [0, 0.1) is 0 Å². The molecule has 1 N–H and O–H groups in total. The molecule has 0 unspecified atom stereocenters. The average molecular weight is 312 g/mol. The molecule has 0 aliphatic heterocycles. The second-order valence-corrected chi connectivity index (χ2v) is 4.75. The SMILES string of the molecule is COC(=O)c1ccc(/C=C/c2cc(O)cc(C(=O)OC)c2)cc1. The van der Waals surface area contributed by atoms with Crippen molar-refractivity contribution in [2.24, 2.45) is 0 Å². The zero-order chi connectivity index (χ0) is 16.8. The van der Waals surface area contributed by atoms with Gasteiger partial charge < -0.3 is 14.6 Å². The Labute approximate surface area is 133 Å². The van der Waals surface area contributed by atoms with Gasteiger partial charge in [0.25, 0.3) is 0 Å². The van der Waals surface area contributed by atoms with Crippen LogP contribution < -0.4 is 0 Å². The molecule has 0 atom stereocenters. The highest BCUT2D eigenvalue weighted by Crippen LogP contribution is 2.19. The smallest absolute Gasteiger partial charge is 0.338 e. The van der Waals surface area contributed by atoms with Gasteiger partial charge in [-0.3, -0.25) is 0 Å². The van der Waals surface area contributed by atoms with Crippen molar-refractivity contribution in [2.75, 3.05) is 14.2 Å². The van der Waals surface area contributed by atoms with Gasteiger partial charge in [0.15, 0.2) is 0 Å². The second kappa shape index (κ2) is 7.26. The lowest BCUT2D eigenvalue weighted by Crippen LogP contribution is -2.01. The van der Waals surface area contributed by atoms with Gasteiger partial charge in [-0.1, -0.05) is 24.3 Å². The van der Waals surface area contributed by atoms with E-state index in [0.717, 1.165) is 5.56 Å². The quantitative estimate of drug-likeness (QED) is 0.693. The summed E-state index contributed by atoms with van der Waals surface area (Å²) in [5.41, 5.74) is 2.26. The number of carbonyl (C=O) groups is 2. The minimum Gasteiger partial charge on any atom is -0.508 e. The fourth-order valence-corrected chi connectivity index (χ4v) is 2.01. The van der Waals surface area contributed by atoms with E-state index in [1.54, 1.807) is 42.5 Å². The molecular formula is C18H16O5. The van der Waals surface area contributed by atoms with E-state index < -0.39 is 11.9 Å². The Morgan fingerprint density at radius 3 is 2.00 bits per heavy atom. The summed E-state index contributed by atoms with van der Waals surface area (Å²) >= 11 is 0. The highest BCUT2D eigenvalue weighted by atomic mass is 16.5. The first-order valence-electron chi connectivity index (χ1n) is 6.82. The van der Waals surface area contributed by atoms with E-state index in [-0.39, 0.29) is 11.3 Å². The number of hydrogen-bond acceptors (Lipinski definition) is 5. The van der Waals surface area contributed by atoms with E-state index in [9.17, 15) is 14.7 Å². The van der Waals surface area contributed by atoms with Crippen LogP contribution >= 0.6 is 0 Å². The van der Waals surface area contributed by atoms with E-state index in [1.165, 1.54) is 26.4 Å². The first-order chi connectivity index (χ1) is 11.0. The van der Waals surface area contributed by atoms with Crippen LogP contribution in [0.25, 0.3) is 12.2 Å². The van der Waals surface area contributed by atoms with Gasteiger partial charge in [-0.25, -0.2) is 9.59 Å². The van der Waals surface area contributed by atoms with Gasteiger partial charge >= 0.3 is 11.9 Å². The van der Waals surface area contributed by atoms with Crippen molar-refractivity contribution in [2.45, 2.75) is 0 Å². The molecule has 2 aromatic carbocycles. The third kappa shape index (κ3) is 4.20. The molecule has 23 heavy (non-hydrogen) atoms. The molecule has 0 saturated heterocycles. The van der Waals surface area contributed by atoms with Crippen molar-refractivity contribution in [1.82, 2.24) is 0 Å². The third-order valence-corrected chi connectivity index (χ3v) is 3.16. The van der Waals surface area contributed by atoms with Crippen LogP contribution in [0.15, 0.2) is 42.5 Å². The molecule has 0 bridgehead atoms. The van der Waals surface area contributed by atoms with E-state index in [4.69, 9.17) is 0 Å². The van der Waals surface area contributed by atoms with E-state index in [0.29, 0.717) is 11.1 Å². The number of phenolic OH excluding ortho intramolecular Hbond substituents is 1. The number of aromatic hydroxyl groups is 1. The van der Waals surface area contributed by atoms with Crippen LogP contribution in [0.1, 0.15) is 31.8 Å². The number of methoxy groups -OCH3 is 2. The predicted octanol–water partition coefficient (Wildman–Crippen LogP) is 3.14. The highest BCUT2D eigenvalue weighted by Gasteiger charge is 2.07. The van der Waals surface area contributed by atoms with E-state index in [2.05, 4.69) is 9.47 Å². The number of esters is 2. The lowest BCUT2D eigenvalue weighted by Gasteiger charge is -2.03. The summed E-state index contributed by atoms with van der Waals surface area (Å²) < 4.78 is 9.27. The predicted molar refractivity (Wildman–Crippen MR) is 86.2 cm³/mol. The molecular weight excluding hydrogens is 296 g/mol. The van der Waals surface area contributed by atoms with E-state index in [1.807, 2.05) is 0 Å². The minimum absolute atomic E-state index is 0.0198. The molecule has 0 amide bonds. The number of carbonyl (C=O) groups excluding carboxylic acids is 2. The lowest BCUT2D eigenvalue weighted by molar-refractivity contribution is 0.0591. The molecule has 0 aromatic heterocycles. The summed E-state index contributed by atoms with van der Waals surface area (Å²) in [5, 5.41) is 9.67. The monoisotopic (exact) mass is 312 g/mol. The summed E-state index contributed by atoms with van der Waals surface area (Å²) in [6.45, 7) is 0. The van der Waals surface area contributed by atoms with Gasteiger partial charge in [0, 0.05) is 0 Å². The molecule has 0 spiro atoms. The van der Waals surface area contributed by atoms with Gasteiger partial charge in [0.05, 0.1) is 25.3 Å². The maximum atomic E-state index is 11.5. The summed E-state index contributed by atoms with van der Waals surface area (Å²) in [7, 11) is 2.61. The van der Waals surface area contributed by atoms with Gasteiger partial charge in [0.1, 0.15) is 5.75 Å². The van der Waals surface area contributed by atoms with Crippen molar-refractivity contribution in [3.05, 3.63) is 64.7 Å². The first kappa shape index (κ1) is 16.3. The first-order valence-corrected chi connectivity index (χ1v) is 6.82.